The Morgan fingerprint density at radius 2 is 2.27 bits per heavy atom. The van der Waals surface area contributed by atoms with Crippen molar-refractivity contribution in [2.45, 2.75) is 58.2 Å². The van der Waals surface area contributed by atoms with E-state index < -0.39 is 5.60 Å². The third-order valence-electron chi connectivity index (χ3n) is 3.67. The molecule has 1 aliphatic rings. The van der Waals surface area contributed by atoms with E-state index in [1.807, 2.05) is 20.8 Å². The molecule has 1 atom stereocenters. The molecule has 1 N–H and O–H groups in total. The van der Waals surface area contributed by atoms with E-state index in [2.05, 4.69) is 37.6 Å². The van der Waals surface area contributed by atoms with E-state index in [0.29, 0.717) is 12.6 Å². The van der Waals surface area contributed by atoms with E-state index in [0.717, 1.165) is 19.5 Å². The van der Waals surface area contributed by atoms with Gasteiger partial charge in [0.1, 0.15) is 5.60 Å². The highest BCUT2D eigenvalue weighted by atomic mass is 79.9. The molecule has 1 unspecified atom stereocenters. The topological polar surface area (TPSA) is 41.6 Å². The van der Waals surface area contributed by atoms with Crippen LogP contribution in [0.1, 0.15) is 44.9 Å². The lowest BCUT2D eigenvalue weighted by atomic mass is 10.0. The van der Waals surface area contributed by atoms with Crippen LogP contribution in [-0.4, -0.2) is 35.7 Å². The minimum Gasteiger partial charge on any atom is -0.444 e. The van der Waals surface area contributed by atoms with E-state index in [1.54, 1.807) is 11.3 Å². The summed E-state index contributed by atoms with van der Waals surface area (Å²) < 4.78 is 6.50. The Morgan fingerprint density at radius 3 is 2.91 bits per heavy atom. The van der Waals surface area contributed by atoms with Crippen molar-refractivity contribution in [1.29, 1.82) is 0 Å². The van der Waals surface area contributed by atoms with E-state index in [4.69, 9.17) is 4.74 Å². The molecular weight excluding hydrogens is 364 g/mol. The van der Waals surface area contributed by atoms with Gasteiger partial charge < -0.3 is 10.1 Å². The first kappa shape index (κ1) is 17.8. The molecule has 0 radical (unpaired) electrons. The van der Waals surface area contributed by atoms with Gasteiger partial charge in [0.05, 0.1) is 0 Å². The van der Waals surface area contributed by atoms with Gasteiger partial charge in [-0.1, -0.05) is 6.42 Å². The Labute approximate surface area is 145 Å². The van der Waals surface area contributed by atoms with Gasteiger partial charge in [-0.25, -0.2) is 4.79 Å². The second-order valence-corrected chi connectivity index (χ2v) is 8.55. The number of rotatable bonds is 4. The van der Waals surface area contributed by atoms with Gasteiger partial charge in [-0.3, -0.25) is 4.90 Å². The summed E-state index contributed by atoms with van der Waals surface area (Å²) in [5.74, 6) is 0. The third-order valence-corrected chi connectivity index (χ3v) is 5.58. The van der Waals surface area contributed by atoms with Crippen LogP contribution in [0.4, 0.5) is 4.79 Å². The van der Waals surface area contributed by atoms with E-state index in [9.17, 15) is 4.79 Å². The number of piperidine rings is 1. The van der Waals surface area contributed by atoms with Crippen LogP contribution in [0, 0.1) is 0 Å². The number of carbonyl (C=O) groups excluding carboxylic acids is 1. The predicted molar refractivity (Wildman–Crippen MR) is 94.3 cm³/mol. The van der Waals surface area contributed by atoms with E-state index in [1.165, 1.54) is 22.2 Å². The summed E-state index contributed by atoms with van der Waals surface area (Å²) in [5, 5.41) is 5.03. The van der Waals surface area contributed by atoms with Gasteiger partial charge >= 0.3 is 6.09 Å². The molecule has 0 aromatic carbocycles. The fourth-order valence-electron chi connectivity index (χ4n) is 2.64. The van der Waals surface area contributed by atoms with Crippen molar-refractivity contribution < 1.29 is 9.53 Å². The maximum Gasteiger partial charge on any atom is 0.407 e. The number of carbonyl (C=O) groups is 1. The van der Waals surface area contributed by atoms with Crippen molar-refractivity contribution in [3.63, 3.8) is 0 Å². The first-order chi connectivity index (χ1) is 10.3. The summed E-state index contributed by atoms with van der Waals surface area (Å²) in [6.07, 6.45) is 3.25. The zero-order chi connectivity index (χ0) is 16.2. The summed E-state index contributed by atoms with van der Waals surface area (Å²) >= 11 is 5.38. The van der Waals surface area contributed by atoms with Crippen molar-refractivity contribution >= 4 is 33.4 Å². The first-order valence-corrected chi connectivity index (χ1v) is 9.45. The maximum absolute atomic E-state index is 11.8. The molecule has 1 saturated heterocycles. The summed E-state index contributed by atoms with van der Waals surface area (Å²) in [7, 11) is 0. The molecule has 1 aliphatic heterocycles. The van der Waals surface area contributed by atoms with Crippen LogP contribution < -0.4 is 5.32 Å². The first-order valence-electron chi connectivity index (χ1n) is 7.78. The Morgan fingerprint density at radius 1 is 1.50 bits per heavy atom. The number of ether oxygens (including phenoxy) is 1. The molecule has 0 saturated carbocycles. The van der Waals surface area contributed by atoms with E-state index in [-0.39, 0.29) is 6.09 Å². The van der Waals surface area contributed by atoms with Crippen molar-refractivity contribution in [1.82, 2.24) is 10.2 Å². The molecule has 22 heavy (non-hydrogen) atoms. The monoisotopic (exact) mass is 388 g/mol. The van der Waals surface area contributed by atoms with Gasteiger partial charge in [-0.2, -0.15) is 0 Å². The van der Waals surface area contributed by atoms with Gasteiger partial charge in [0.2, 0.25) is 0 Å². The number of hydrogen-bond acceptors (Lipinski definition) is 4. The highest BCUT2D eigenvalue weighted by Gasteiger charge is 2.25. The van der Waals surface area contributed by atoms with Gasteiger partial charge in [-0.05, 0) is 67.5 Å². The predicted octanol–water partition coefficient (Wildman–Crippen LogP) is 4.39. The summed E-state index contributed by atoms with van der Waals surface area (Å²) in [5.41, 5.74) is -0.446. The van der Waals surface area contributed by atoms with Crippen molar-refractivity contribution in [3.05, 3.63) is 20.8 Å². The maximum atomic E-state index is 11.8. The largest absolute Gasteiger partial charge is 0.444 e. The zero-order valence-corrected chi connectivity index (χ0v) is 15.9. The Kier molecular flexibility index (Phi) is 6.29. The van der Waals surface area contributed by atoms with Crippen molar-refractivity contribution in [2.24, 2.45) is 0 Å². The highest BCUT2D eigenvalue weighted by Crippen LogP contribution is 2.27. The Hall–Kier alpha value is -0.590. The lowest BCUT2D eigenvalue weighted by Crippen LogP contribution is -2.47. The second-order valence-electron chi connectivity index (χ2n) is 6.69. The molecule has 1 amide bonds. The van der Waals surface area contributed by atoms with Crippen molar-refractivity contribution in [3.8, 4) is 0 Å². The number of hydrogen-bond donors (Lipinski definition) is 1. The lowest BCUT2D eigenvalue weighted by molar-refractivity contribution is 0.0492. The normalized spacial score (nSPS) is 19.9. The highest BCUT2D eigenvalue weighted by molar-refractivity contribution is 9.10. The molecule has 0 spiro atoms. The molecule has 4 nitrogen and oxygen atoms in total. The van der Waals surface area contributed by atoms with Gasteiger partial charge in [0, 0.05) is 28.5 Å². The number of thiophene rings is 1. The second kappa shape index (κ2) is 7.79. The molecule has 2 rings (SSSR count). The fourth-order valence-corrected chi connectivity index (χ4v) is 4.14. The molecule has 2 heterocycles. The molecule has 0 aliphatic carbocycles. The lowest BCUT2D eigenvalue weighted by Gasteiger charge is -2.35. The summed E-state index contributed by atoms with van der Waals surface area (Å²) in [6.45, 7) is 8.33. The summed E-state index contributed by atoms with van der Waals surface area (Å²) in [4.78, 5) is 15.6. The Balaban J connectivity index is 1.87. The number of amides is 1. The van der Waals surface area contributed by atoms with Crippen LogP contribution in [0.5, 0.6) is 0 Å². The average molecular weight is 389 g/mol. The molecule has 1 fully saturated rings. The van der Waals surface area contributed by atoms with Crippen LogP contribution >= 0.6 is 27.3 Å². The standard InChI is InChI=1S/C16H25BrN2O2S/c1-16(2,3)21-15(20)18-10-12-6-4-5-8-19(12)11-14-13(17)7-9-22-14/h7,9,12H,4-6,8,10-11H2,1-3H3,(H,18,20). The molecule has 1 aromatic rings. The zero-order valence-electron chi connectivity index (χ0n) is 13.5. The minimum absolute atomic E-state index is 0.324. The average Bonchev–Trinajstić information content (AvgIpc) is 2.81. The number of halogens is 1. The van der Waals surface area contributed by atoms with Crippen LogP contribution in [-0.2, 0) is 11.3 Å². The third kappa shape index (κ3) is 5.56. The number of likely N-dealkylation sites (tertiary alicyclic amines) is 1. The van der Waals surface area contributed by atoms with Gasteiger partial charge in [-0.15, -0.1) is 11.3 Å². The molecule has 1 aromatic heterocycles. The number of alkyl carbamates (subject to hydrolysis) is 1. The van der Waals surface area contributed by atoms with Crippen LogP contribution in [0.25, 0.3) is 0 Å². The summed E-state index contributed by atoms with van der Waals surface area (Å²) in [6, 6.07) is 2.48. The molecule has 6 heteroatoms. The van der Waals surface area contributed by atoms with Gasteiger partial charge in [0.25, 0.3) is 0 Å². The fraction of sp³-hybridized carbons (Fsp3) is 0.688. The smallest absolute Gasteiger partial charge is 0.407 e. The quantitative estimate of drug-likeness (QED) is 0.831. The SMILES string of the molecule is CC(C)(C)OC(=O)NCC1CCCCN1Cc1sccc1Br. The molecule has 0 bridgehead atoms. The van der Waals surface area contributed by atoms with Crippen LogP contribution in [0.2, 0.25) is 0 Å². The molecular formula is C16H25BrN2O2S. The minimum atomic E-state index is -0.446. The van der Waals surface area contributed by atoms with Crippen LogP contribution in [0.3, 0.4) is 0 Å². The van der Waals surface area contributed by atoms with Gasteiger partial charge in [0.15, 0.2) is 0 Å². The van der Waals surface area contributed by atoms with Crippen LogP contribution in [0.15, 0.2) is 15.9 Å². The Bertz CT molecular complexity index is 499. The molecule has 124 valence electrons. The van der Waals surface area contributed by atoms with Crippen molar-refractivity contribution in [2.75, 3.05) is 13.1 Å². The number of nitrogens with zero attached hydrogens (tertiary/aromatic N) is 1. The number of nitrogens with one attached hydrogen (secondary N) is 1. The van der Waals surface area contributed by atoms with E-state index >= 15 is 0 Å².